The van der Waals surface area contributed by atoms with Crippen molar-refractivity contribution in [2.24, 2.45) is 0 Å². The molecule has 4 aromatic rings. The summed E-state index contributed by atoms with van der Waals surface area (Å²) in [6.45, 7) is 3.85. The fraction of sp³-hybridized carbons (Fsp3) is 0.200. The van der Waals surface area contributed by atoms with Crippen LogP contribution in [0.5, 0.6) is 0 Å². The summed E-state index contributed by atoms with van der Waals surface area (Å²) in [6.07, 6.45) is 1.20. The van der Waals surface area contributed by atoms with Gasteiger partial charge in [-0.1, -0.05) is 35.9 Å². The lowest BCUT2D eigenvalue weighted by Crippen LogP contribution is -2.10. The van der Waals surface area contributed by atoms with Crippen molar-refractivity contribution in [2.45, 2.75) is 24.8 Å². The lowest BCUT2D eigenvalue weighted by atomic mass is 10.1. The van der Waals surface area contributed by atoms with Crippen LogP contribution in [0.15, 0.2) is 53.4 Å². The molecule has 0 unspecified atom stereocenters. The number of benzene rings is 2. The normalized spacial score (nSPS) is 13.1. The average molecular weight is 415 g/mol. The molecule has 0 bridgehead atoms. The molecule has 0 saturated heterocycles. The van der Waals surface area contributed by atoms with Crippen LogP contribution in [0.4, 0.5) is 5.82 Å². The summed E-state index contributed by atoms with van der Waals surface area (Å²) in [5, 5.41) is 9.37. The molecule has 0 saturated carbocycles. The molecule has 1 N–H and O–H groups in total. The maximum absolute atomic E-state index is 11.7. The highest BCUT2D eigenvalue weighted by Gasteiger charge is 2.16. The van der Waals surface area contributed by atoms with Crippen molar-refractivity contribution in [2.75, 3.05) is 11.6 Å². The summed E-state index contributed by atoms with van der Waals surface area (Å²) in [5.41, 5.74) is 3.18. The van der Waals surface area contributed by atoms with Crippen molar-refractivity contribution in [1.29, 1.82) is 0 Å². The van der Waals surface area contributed by atoms with Crippen molar-refractivity contribution < 1.29 is 8.42 Å². The minimum absolute atomic E-state index is 0.0882. The first-order valence-electron chi connectivity index (χ1n) is 8.76. The summed E-state index contributed by atoms with van der Waals surface area (Å²) in [4.78, 5) is 5.01. The second kappa shape index (κ2) is 6.76. The predicted molar refractivity (Wildman–Crippen MR) is 112 cm³/mol. The first-order valence-corrected chi connectivity index (χ1v) is 11.0. The molecule has 0 amide bonds. The molecule has 28 heavy (non-hydrogen) atoms. The van der Waals surface area contributed by atoms with Gasteiger partial charge in [-0.05, 0) is 43.7 Å². The smallest absolute Gasteiger partial charge is 0.176 e. The zero-order valence-electron chi connectivity index (χ0n) is 15.6. The maximum Gasteiger partial charge on any atom is 0.176 e. The van der Waals surface area contributed by atoms with E-state index in [1.54, 1.807) is 16.6 Å². The number of aromatic nitrogens is 3. The number of hydrogen-bond acceptors (Lipinski definition) is 5. The Morgan fingerprint density at radius 1 is 1.11 bits per heavy atom. The Morgan fingerprint density at radius 3 is 2.46 bits per heavy atom. The number of fused-ring (bicyclic) bond motifs is 3. The molecule has 1 atom stereocenters. The molecule has 0 aliphatic heterocycles. The first-order chi connectivity index (χ1) is 13.3. The van der Waals surface area contributed by atoms with Gasteiger partial charge in [-0.15, -0.1) is 0 Å². The van der Waals surface area contributed by atoms with Gasteiger partial charge in [0, 0.05) is 17.7 Å². The van der Waals surface area contributed by atoms with Gasteiger partial charge in [0.1, 0.15) is 10.8 Å². The van der Waals surface area contributed by atoms with Gasteiger partial charge in [0.15, 0.2) is 15.5 Å². The Bertz CT molecular complexity index is 1300. The monoisotopic (exact) mass is 414 g/mol. The largest absolute Gasteiger partial charge is 0.363 e. The molecule has 0 fully saturated rings. The van der Waals surface area contributed by atoms with E-state index in [0.717, 1.165) is 22.2 Å². The third-order valence-corrected chi connectivity index (χ3v) is 6.30. The quantitative estimate of drug-likeness (QED) is 0.534. The van der Waals surface area contributed by atoms with Crippen LogP contribution >= 0.6 is 11.6 Å². The highest BCUT2D eigenvalue weighted by molar-refractivity contribution is 7.90. The number of nitrogens with one attached hydrogen (secondary N) is 1. The van der Waals surface area contributed by atoms with E-state index in [9.17, 15) is 8.42 Å². The van der Waals surface area contributed by atoms with Crippen molar-refractivity contribution in [3.05, 3.63) is 64.8 Å². The number of halogens is 1. The topological polar surface area (TPSA) is 76.4 Å². The van der Waals surface area contributed by atoms with Crippen molar-refractivity contribution in [3.8, 4) is 0 Å². The number of anilines is 1. The molecule has 8 heteroatoms. The van der Waals surface area contributed by atoms with Crippen LogP contribution in [0.1, 0.15) is 24.2 Å². The molecule has 6 nitrogen and oxygen atoms in total. The van der Waals surface area contributed by atoms with Crippen LogP contribution in [-0.2, 0) is 9.84 Å². The number of para-hydroxylation sites is 1. The van der Waals surface area contributed by atoms with Crippen molar-refractivity contribution >= 4 is 43.8 Å². The molecule has 4 rings (SSSR count). The number of nitrogens with zero attached hydrogens (tertiary/aromatic N) is 3. The number of rotatable bonds is 4. The molecule has 144 valence electrons. The summed E-state index contributed by atoms with van der Waals surface area (Å²) in [6, 6.07) is 14.6. The summed E-state index contributed by atoms with van der Waals surface area (Å²) in [5.74, 6) is 0.699. The van der Waals surface area contributed by atoms with Crippen LogP contribution in [-0.4, -0.2) is 29.3 Å². The van der Waals surface area contributed by atoms with Crippen LogP contribution < -0.4 is 5.32 Å². The standard InChI is InChI=1S/C20H19ClN4O2S/c1-12(14-8-10-15(11-9-14)28(3,26)27)22-19-16-6-4-5-7-17(16)25-20(23-19)18(21)13(2)24-25/h4-12H,1-3H3,(H,22,23)/t12-/m1/s1. The van der Waals surface area contributed by atoms with Crippen LogP contribution in [0, 0.1) is 6.92 Å². The second-order valence-electron chi connectivity index (χ2n) is 6.82. The fourth-order valence-electron chi connectivity index (χ4n) is 3.19. The molecular weight excluding hydrogens is 396 g/mol. The lowest BCUT2D eigenvalue weighted by molar-refractivity contribution is 0.602. The van der Waals surface area contributed by atoms with E-state index in [-0.39, 0.29) is 6.04 Å². The molecule has 0 spiro atoms. The van der Waals surface area contributed by atoms with E-state index in [0.29, 0.717) is 21.4 Å². The van der Waals surface area contributed by atoms with Gasteiger partial charge in [-0.2, -0.15) is 5.10 Å². The first kappa shape index (κ1) is 18.7. The molecule has 2 heterocycles. The SMILES string of the molecule is Cc1nn2c(nc(N[C@H](C)c3ccc(S(C)(=O)=O)cc3)c3ccccc32)c1Cl. The molecule has 0 aliphatic rings. The summed E-state index contributed by atoms with van der Waals surface area (Å²) in [7, 11) is -3.22. The van der Waals surface area contributed by atoms with E-state index in [2.05, 4.69) is 10.4 Å². The van der Waals surface area contributed by atoms with Gasteiger partial charge in [0.25, 0.3) is 0 Å². The molecule has 0 aliphatic carbocycles. The molecule has 0 radical (unpaired) electrons. The van der Waals surface area contributed by atoms with E-state index in [4.69, 9.17) is 16.6 Å². The van der Waals surface area contributed by atoms with Crippen LogP contribution in [0.2, 0.25) is 5.02 Å². The average Bonchev–Trinajstić information content (AvgIpc) is 2.96. The Labute approximate surface area is 168 Å². The molecular formula is C20H19ClN4O2S. The number of aryl methyl sites for hydroxylation is 1. The Morgan fingerprint density at radius 2 is 1.79 bits per heavy atom. The molecule has 2 aromatic carbocycles. The third-order valence-electron chi connectivity index (χ3n) is 4.73. The van der Waals surface area contributed by atoms with E-state index >= 15 is 0 Å². The second-order valence-corrected chi connectivity index (χ2v) is 9.21. The van der Waals surface area contributed by atoms with Gasteiger partial charge < -0.3 is 5.32 Å². The van der Waals surface area contributed by atoms with Gasteiger partial charge in [0.2, 0.25) is 0 Å². The van der Waals surface area contributed by atoms with E-state index in [1.165, 1.54) is 6.26 Å². The number of sulfone groups is 1. The lowest BCUT2D eigenvalue weighted by Gasteiger charge is -2.17. The third kappa shape index (κ3) is 3.21. The number of hydrogen-bond donors (Lipinski definition) is 1. The van der Waals surface area contributed by atoms with Gasteiger partial charge in [0.05, 0.1) is 16.1 Å². The zero-order chi connectivity index (χ0) is 20.1. The maximum atomic E-state index is 11.7. The van der Waals surface area contributed by atoms with E-state index < -0.39 is 9.84 Å². The summed E-state index contributed by atoms with van der Waals surface area (Å²) >= 11 is 6.40. The zero-order valence-corrected chi connectivity index (χ0v) is 17.2. The molecule has 2 aromatic heterocycles. The minimum atomic E-state index is -3.22. The van der Waals surface area contributed by atoms with Crippen molar-refractivity contribution in [3.63, 3.8) is 0 Å². The van der Waals surface area contributed by atoms with E-state index in [1.807, 2.05) is 50.2 Å². The fourth-order valence-corrected chi connectivity index (χ4v) is 3.98. The Hall–Kier alpha value is -2.64. The minimum Gasteiger partial charge on any atom is -0.363 e. The van der Waals surface area contributed by atoms with Crippen LogP contribution in [0.3, 0.4) is 0 Å². The highest BCUT2D eigenvalue weighted by Crippen LogP contribution is 2.30. The highest BCUT2D eigenvalue weighted by atomic mass is 35.5. The Kier molecular flexibility index (Phi) is 4.51. The van der Waals surface area contributed by atoms with Gasteiger partial charge in [-0.25, -0.2) is 17.9 Å². The van der Waals surface area contributed by atoms with Crippen LogP contribution in [0.25, 0.3) is 16.6 Å². The summed E-state index contributed by atoms with van der Waals surface area (Å²) < 4.78 is 25.1. The predicted octanol–water partition coefficient (Wildman–Crippen LogP) is 4.42. The van der Waals surface area contributed by atoms with Gasteiger partial charge in [-0.3, -0.25) is 0 Å². The van der Waals surface area contributed by atoms with Gasteiger partial charge >= 0.3 is 0 Å². The Balaban J connectivity index is 1.77. The van der Waals surface area contributed by atoms with Crippen molar-refractivity contribution in [1.82, 2.24) is 14.6 Å².